The average molecular weight is 258 g/mol. The lowest BCUT2D eigenvalue weighted by atomic mass is 10.2. The summed E-state index contributed by atoms with van der Waals surface area (Å²) in [5.41, 5.74) is 0.566. The van der Waals surface area contributed by atoms with Crippen LogP contribution in [-0.2, 0) is 14.3 Å². The molecule has 1 amide bonds. The van der Waals surface area contributed by atoms with E-state index < -0.39 is 0 Å². The van der Waals surface area contributed by atoms with Gasteiger partial charge in [0.15, 0.2) is 0 Å². The Hall–Kier alpha value is -1.01. The molecule has 96 valence electrons. The SMILES string of the molecule is CCOC(=O)/C(CCN(C)C)=C1/NC(=O)CS1. The Morgan fingerprint density at radius 3 is 2.71 bits per heavy atom. The van der Waals surface area contributed by atoms with Gasteiger partial charge in [-0.15, -0.1) is 0 Å². The highest BCUT2D eigenvalue weighted by atomic mass is 32.2. The predicted molar refractivity (Wildman–Crippen MR) is 67.4 cm³/mol. The zero-order chi connectivity index (χ0) is 12.8. The molecule has 0 aromatic rings. The van der Waals surface area contributed by atoms with Crippen molar-refractivity contribution in [3.8, 4) is 0 Å². The summed E-state index contributed by atoms with van der Waals surface area (Å²) >= 11 is 1.36. The van der Waals surface area contributed by atoms with Crippen LogP contribution < -0.4 is 5.32 Å². The largest absolute Gasteiger partial charge is 0.463 e. The van der Waals surface area contributed by atoms with E-state index in [0.717, 1.165) is 6.54 Å². The zero-order valence-corrected chi connectivity index (χ0v) is 11.2. The number of thioether (sulfide) groups is 1. The Balaban J connectivity index is 2.78. The number of esters is 1. The smallest absolute Gasteiger partial charge is 0.336 e. The van der Waals surface area contributed by atoms with Gasteiger partial charge in [0, 0.05) is 6.54 Å². The summed E-state index contributed by atoms with van der Waals surface area (Å²) in [5, 5.41) is 3.35. The first-order valence-electron chi connectivity index (χ1n) is 5.52. The lowest BCUT2D eigenvalue weighted by Gasteiger charge is -2.13. The number of nitrogens with one attached hydrogen (secondary N) is 1. The quantitative estimate of drug-likeness (QED) is 0.577. The molecular weight excluding hydrogens is 240 g/mol. The maximum Gasteiger partial charge on any atom is 0.336 e. The number of ether oxygens (including phenoxy) is 1. The van der Waals surface area contributed by atoms with Gasteiger partial charge < -0.3 is 15.0 Å². The molecule has 17 heavy (non-hydrogen) atoms. The van der Waals surface area contributed by atoms with Gasteiger partial charge in [0.2, 0.25) is 5.91 Å². The van der Waals surface area contributed by atoms with Crippen molar-refractivity contribution in [3.05, 3.63) is 10.6 Å². The number of nitrogens with zero attached hydrogens (tertiary/aromatic N) is 1. The summed E-state index contributed by atoms with van der Waals surface area (Å²) in [6.07, 6.45) is 0.578. The van der Waals surface area contributed by atoms with Crippen molar-refractivity contribution in [1.82, 2.24) is 10.2 Å². The number of rotatable bonds is 5. The van der Waals surface area contributed by atoms with Crippen molar-refractivity contribution in [2.75, 3.05) is 33.0 Å². The molecule has 1 aliphatic rings. The lowest BCUT2D eigenvalue weighted by molar-refractivity contribution is -0.138. The number of hydrogen-bond acceptors (Lipinski definition) is 5. The van der Waals surface area contributed by atoms with Crippen molar-refractivity contribution in [3.63, 3.8) is 0 Å². The Kier molecular flexibility index (Phi) is 5.50. The predicted octanol–water partition coefficient (Wildman–Crippen LogP) is 0.576. The Labute approximate surface area is 106 Å². The summed E-state index contributed by atoms with van der Waals surface area (Å²) in [6, 6.07) is 0. The highest BCUT2D eigenvalue weighted by Crippen LogP contribution is 2.25. The van der Waals surface area contributed by atoms with Gasteiger partial charge in [-0.3, -0.25) is 4.79 Å². The summed E-state index contributed by atoms with van der Waals surface area (Å²) < 4.78 is 5.00. The Morgan fingerprint density at radius 1 is 1.53 bits per heavy atom. The molecule has 1 fully saturated rings. The van der Waals surface area contributed by atoms with Crippen LogP contribution in [0, 0.1) is 0 Å². The second-order valence-corrected chi connectivity index (χ2v) is 4.90. The summed E-state index contributed by atoms with van der Waals surface area (Å²) in [7, 11) is 3.88. The summed E-state index contributed by atoms with van der Waals surface area (Å²) in [5.74, 6) is -0.0177. The molecule has 1 saturated heterocycles. The molecule has 1 aliphatic heterocycles. The minimum atomic E-state index is -0.334. The third kappa shape index (κ3) is 4.40. The highest BCUT2D eigenvalue weighted by Gasteiger charge is 2.24. The molecule has 1 heterocycles. The number of carbonyl (C=O) groups excluding carboxylic acids is 2. The highest BCUT2D eigenvalue weighted by molar-refractivity contribution is 8.04. The molecule has 0 aliphatic carbocycles. The first kappa shape index (κ1) is 14.1. The molecule has 0 spiro atoms. The van der Waals surface area contributed by atoms with E-state index in [0.29, 0.717) is 29.4 Å². The summed E-state index contributed by atoms with van der Waals surface area (Å²) in [6.45, 7) is 2.86. The third-order valence-electron chi connectivity index (χ3n) is 2.21. The maximum atomic E-state index is 11.8. The fraction of sp³-hybridized carbons (Fsp3) is 0.636. The standard InChI is InChI=1S/C11H18N2O3S/c1-4-16-11(15)8(5-6-13(2)3)10-12-9(14)7-17-10/h4-7H2,1-3H3,(H,12,14)/b10-8-. The van der Waals surface area contributed by atoms with Crippen molar-refractivity contribution >= 4 is 23.6 Å². The number of amides is 1. The van der Waals surface area contributed by atoms with Crippen LogP contribution in [-0.4, -0.2) is 49.8 Å². The molecule has 1 N–H and O–H groups in total. The van der Waals surface area contributed by atoms with Crippen LogP contribution in [0.3, 0.4) is 0 Å². The van der Waals surface area contributed by atoms with Gasteiger partial charge >= 0.3 is 5.97 Å². The van der Waals surface area contributed by atoms with E-state index >= 15 is 0 Å². The molecule has 0 aromatic carbocycles. The van der Waals surface area contributed by atoms with Crippen LogP contribution in [0.5, 0.6) is 0 Å². The minimum absolute atomic E-state index is 0.0587. The van der Waals surface area contributed by atoms with Gasteiger partial charge in [0.1, 0.15) is 0 Å². The van der Waals surface area contributed by atoms with Crippen molar-refractivity contribution in [1.29, 1.82) is 0 Å². The van der Waals surface area contributed by atoms with Crippen LogP contribution in [0.1, 0.15) is 13.3 Å². The number of hydrogen-bond donors (Lipinski definition) is 1. The maximum absolute atomic E-state index is 11.8. The minimum Gasteiger partial charge on any atom is -0.463 e. The fourth-order valence-electron chi connectivity index (χ4n) is 1.36. The van der Waals surface area contributed by atoms with Gasteiger partial charge in [0.25, 0.3) is 0 Å². The van der Waals surface area contributed by atoms with E-state index in [1.807, 2.05) is 19.0 Å². The average Bonchev–Trinajstić information content (AvgIpc) is 2.65. The monoisotopic (exact) mass is 258 g/mol. The third-order valence-corrected chi connectivity index (χ3v) is 3.25. The van der Waals surface area contributed by atoms with E-state index in [1.165, 1.54) is 11.8 Å². The van der Waals surface area contributed by atoms with Gasteiger partial charge in [-0.05, 0) is 27.4 Å². The molecular formula is C11H18N2O3S. The topological polar surface area (TPSA) is 58.6 Å². The molecule has 6 heteroatoms. The van der Waals surface area contributed by atoms with E-state index in [4.69, 9.17) is 4.74 Å². The molecule has 0 radical (unpaired) electrons. The molecule has 5 nitrogen and oxygen atoms in total. The Morgan fingerprint density at radius 2 is 2.24 bits per heavy atom. The molecule has 1 rings (SSSR count). The lowest BCUT2D eigenvalue weighted by Crippen LogP contribution is -2.22. The van der Waals surface area contributed by atoms with Crippen LogP contribution in [0.15, 0.2) is 10.6 Å². The van der Waals surface area contributed by atoms with Crippen molar-refractivity contribution < 1.29 is 14.3 Å². The second kappa shape index (κ2) is 6.66. The van der Waals surface area contributed by atoms with Gasteiger partial charge in [-0.25, -0.2) is 4.79 Å². The molecule has 0 saturated carbocycles. The fourth-order valence-corrected chi connectivity index (χ4v) is 2.25. The van der Waals surface area contributed by atoms with Gasteiger partial charge in [-0.1, -0.05) is 11.8 Å². The first-order chi connectivity index (χ1) is 8.04. The molecule has 0 atom stereocenters. The normalized spacial score (nSPS) is 18.2. The number of carbonyl (C=O) groups is 2. The molecule has 0 aromatic heterocycles. The van der Waals surface area contributed by atoms with E-state index in [1.54, 1.807) is 6.92 Å². The van der Waals surface area contributed by atoms with Crippen molar-refractivity contribution in [2.45, 2.75) is 13.3 Å². The van der Waals surface area contributed by atoms with Gasteiger partial charge in [0.05, 0.1) is 23.0 Å². The molecule has 0 unspecified atom stereocenters. The van der Waals surface area contributed by atoms with Crippen LogP contribution in [0.4, 0.5) is 0 Å². The van der Waals surface area contributed by atoms with Crippen LogP contribution in [0.25, 0.3) is 0 Å². The first-order valence-corrected chi connectivity index (χ1v) is 6.50. The van der Waals surface area contributed by atoms with Crippen LogP contribution in [0.2, 0.25) is 0 Å². The van der Waals surface area contributed by atoms with E-state index in [-0.39, 0.29) is 11.9 Å². The van der Waals surface area contributed by atoms with E-state index in [2.05, 4.69) is 5.32 Å². The van der Waals surface area contributed by atoms with Gasteiger partial charge in [-0.2, -0.15) is 0 Å². The Bertz CT molecular complexity index is 340. The zero-order valence-electron chi connectivity index (χ0n) is 10.4. The summed E-state index contributed by atoms with van der Waals surface area (Å²) in [4.78, 5) is 24.9. The van der Waals surface area contributed by atoms with Crippen molar-refractivity contribution in [2.24, 2.45) is 0 Å². The van der Waals surface area contributed by atoms with E-state index in [9.17, 15) is 9.59 Å². The second-order valence-electron chi connectivity index (χ2n) is 3.92. The van der Waals surface area contributed by atoms with Crippen LogP contribution >= 0.6 is 11.8 Å². The molecule has 0 bridgehead atoms.